The molecule has 0 radical (unpaired) electrons. The van der Waals surface area contributed by atoms with Gasteiger partial charge in [-0.05, 0) is 18.9 Å². The summed E-state index contributed by atoms with van der Waals surface area (Å²) in [5.41, 5.74) is 1.21. The van der Waals surface area contributed by atoms with Crippen molar-refractivity contribution in [3.05, 3.63) is 18.0 Å². The van der Waals surface area contributed by atoms with E-state index in [1.165, 1.54) is 31.4 Å². The van der Waals surface area contributed by atoms with E-state index in [0.29, 0.717) is 6.04 Å². The molecule has 0 N–H and O–H groups in total. The van der Waals surface area contributed by atoms with Gasteiger partial charge in [0.05, 0.1) is 11.7 Å². The summed E-state index contributed by atoms with van der Waals surface area (Å²) >= 11 is 2.35. The van der Waals surface area contributed by atoms with Crippen LogP contribution in [0.4, 0.5) is 0 Å². The second-order valence-corrected chi connectivity index (χ2v) is 4.12. The molecule has 0 saturated heterocycles. The van der Waals surface area contributed by atoms with Gasteiger partial charge in [-0.25, -0.2) is 0 Å². The summed E-state index contributed by atoms with van der Waals surface area (Å²) < 4.78 is 3.18. The molecule has 1 fully saturated rings. The second kappa shape index (κ2) is 3.77. The van der Waals surface area contributed by atoms with Gasteiger partial charge >= 0.3 is 0 Å². The summed E-state index contributed by atoms with van der Waals surface area (Å²) in [7, 11) is 0. The second-order valence-electron chi connectivity index (χ2n) is 3.36. The summed E-state index contributed by atoms with van der Waals surface area (Å²) in [6, 6.07) is 2.83. The molecule has 0 aromatic carbocycles. The maximum Gasteiger partial charge on any atom is 0.0722 e. The summed E-state index contributed by atoms with van der Waals surface area (Å²) in [6.45, 7) is 0. The molecule has 12 heavy (non-hydrogen) atoms. The van der Waals surface area contributed by atoms with Crippen LogP contribution in [0.1, 0.15) is 37.4 Å². The average molecular weight is 276 g/mol. The van der Waals surface area contributed by atoms with Gasteiger partial charge in [0.1, 0.15) is 0 Å². The van der Waals surface area contributed by atoms with Crippen molar-refractivity contribution < 1.29 is 0 Å². The highest BCUT2D eigenvalue weighted by molar-refractivity contribution is 14.1. The van der Waals surface area contributed by atoms with Gasteiger partial charge < -0.3 is 0 Å². The van der Waals surface area contributed by atoms with Crippen molar-refractivity contribution in [2.24, 2.45) is 0 Å². The zero-order valence-electron chi connectivity index (χ0n) is 7.04. The molecule has 1 aliphatic rings. The molecule has 0 bridgehead atoms. The van der Waals surface area contributed by atoms with Crippen LogP contribution in [-0.2, 0) is 4.43 Å². The van der Waals surface area contributed by atoms with E-state index in [-0.39, 0.29) is 0 Å². The maximum atomic E-state index is 4.52. The Morgan fingerprint density at radius 1 is 1.50 bits per heavy atom. The Labute approximate surface area is 86.5 Å². The normalized spacial score (nSPS) is 18.8. The molecule has 1 aromatic heterocycles. The summed E-state index contributed by atoms with van der Waals surface area (Å²) in [5, 5.41) is 4.52. The van der Waals surface area contributed by atoms with Gasteiger partial charge in [0.2, 0.25) is 0 Å². The third kappa shape index (κ3) is 1.65. The lowest BCUT2D eigenvalue weighted by Crippen LogP contribution is -2.05. The van der Waals surface area contributed by atoms with Gasteiger partial charge in [-0.1, -0.05) is 35.4 Å². The molecule has 0 amide bonds. The minimum atomic E-state index is 0.696. The Morgan fingerprint density at radius 3 is 2.83 bits per heavy atom. The summed E-state index contributed by atoms with van der Waals surface area (Å²) in [6.07, 6.45) is 7.53. The topological polar surface area (TPSA) is 17.8 Å². The van der Waals surface area contributed by atoms with Crippen molar-refractivity contribution in [3.63, 3.8) is 0 Å². The van der Waals surface area contributed by atoms with E-state index in [2.05, 4.69) is 44.6 Å². The van der Waals surface area contributed by atoms with E-state index in [9.17, 15) is 0 Å². The largest absolute Gasteiger partial charge is 0.269 e. The van der Waals surface area contributed by atoms with Crippen LogP contribution >= 0.6 is 22.6 Å². The smallest absolute Gasteiger partial charge is 0.0722 e. The quantitative estimate of drug-likeness (QED) is 0.600. The van der Waals surface area contributed by atoms with E-state index >= 15 is 0 Å². The predicted octanol–water partition coefficient (Wildman–Crippen LogP) is 2.93. The molecule has 0 unspecified atom stereocenters. The fraction of sp³-hybridized carbons (Fsp3) is 0.667. The standard InChI is InChI=1S/C9H13IN2/c10-7-8-5-6-12(11-8)9-3-1-2-4-9/h5-6,9H,1-4,7H2. The van der Waals surface area contributed by atoms with E-state index in [4.69, 9.17) is 0 Å². The van der Waals surface area contributed by atoms with Crippen molar-refractivity contribution in [1.29, 1.82) is 0 Å². The molecule has 1 aromatic rings. The summed E-state index contributed by atoms with van der Waals surface area (Å²) in [4.78, 5) is 0. The Bertz CT molecular complexity index is 251. The number of alkyl halides is 1. The first kappa shape index (κ1) is 8.53. The van der Waals surface area contributed by atoms with Crippen LogP contribution in [0.25, 0.3) is 0 Å². The zero-order chi connectivity index (χ0) is 8.39. The molecule has 1 saturated carbocycles. The van der Waals surface area contributed by atoms with Crippen molar-refractivity contribution in [1.82, 2.24) is 9.78 Å². The fourth-order valence-corrected chi connectivity index (χ4v) is 2.23. The first-order chi connectivity index (χ1) is 5.90. The highest BCUT2D eigenvalue weighted by atomic mass is 127. The van der Waals surface area contributed by atoms with Gasteiger partial charge in [0, 0.05) is 10.6 Å². The molecule has 0 spiro atoms. The van der Waals surface area contributed by atoms with E-state index in [0.717, 1.165) is 4.43 Å². The van der Waals surface area contributed by atoms with Crippen LogP contribution in [0, 0.1) is 0 Å². The highest BCUT2D eigenvalue weighted by Crippen LogP contribution is 2.28. The lowest BCUT2D eigenvalue weighted by Gasteiger charge is -2.08. The molecule has 1 aliphatic carbocycles. The van der Waals surface area contributed by atoms with Gasteiger partial charge in [-0.15, -0.1) is 0 Å². The van der Waals surface area contributed by atoms with E-state index in [1.54, 1.807) is 0 Å². The van der Waals surface area contributed by atoms with Gasteiger partial charge in [-0.3, -0.25) is 4.68 Å². The van der Waals surface area contributed by atoms with Crippen LogP contribution in [0.5, 0.6) is 0 Å². The van der Waals surface area contributed by atoms with Crippen LogP contribution in [0.2, 0.25) is 0 Å². The maximum absolute atomic E-state index is 4.52. The molecule has 2 rings (SSSR count). The third-order valence-corrected chi connectivity index (χ3v) is 3.28. The minimum Gasteiger partial charge on any atom is -0.269 e. The number of hydrogen-bond donors (Lipinski definition) is 0. The summed E-state index contributed by atoms with van der Waals surface area (Å²) in [5.74, 6) is 0. The third-order valence-electron chi connectivity index (χ3n) is 2.50. The highest BCUT2D eigenvalue weighted by Gasteiger charge is 2.16. The van der Waals surface area contributed by atoms with Crippen LogP contribution in [-0.4, -0.2) is 9.78 Å². The first-order valence-electron chi connectivity index (χ1n) is 4.50. The Morgan fingerprint density at radius 2 is 2.25 bits per heavy atom. The lowest BCUT2D eigenvalue weighted by molar-refractivity contribution is 0.464. The van der Waals surface area contributed by atoms with Crippen LogP contribution in [0.15, 0.2) is 12.3 Å². The van der Waals surface area contributed by atoms with Crippen molar-refractivity contribution in [2.75, 3.05) is 0 Å². The van der Waals surface area contributed by atoms with Crippen molar-refractivity contribution >= 4 is 22.6 Å². The molecular weight excluding hydrogens is 263 g/mol. The number of nitrogens with zero attached hydrogens (tertiary/aromatic N) is 2. The molecule has 2 nitrogen and oxygen atoms in total. The first-order valence-corrected chi connectivity index (χ1v) is 6.02. The van der Waals surface area contributed by atoms with Crippen LogP contribution in [0.3, 0.4) is 0 Å². The van der Waals surface area contributed by atoms with Crippen molar-refractivity contribution in [3.8, 4) is 0 Å². The molecule has 3 heteroatoms. The molecule has 1 heterocycles. The number of aromatic nitrogens is 2. The van der Waals surface area contributed by atoms with E-state index < -0.39 is 0 Å². The Kier molecular flexibility index (Phi) is 2.68. The molecular formula is C9H13IN2. The molecule has 0 aliphatic heterocycles. The Balaban J connectivity index is 2.11. The number of rotatable bonds is 2. The van der Waals surface area contributed by atoms with E-state index in [1.807, 2.05) is 0 Å². The average Bonchev–Trinajstić information content (AvgIpc) is 2.75. The monoisotopic (exact) mass is 276 g/mol. The molecule has 66 valence electrons. The van der Waals surface area contributed by atoms with Crippen molar-refractivity contribution in [2.45, 2.75) is 36.2 Å². The number of halogens is 1. The van der Waals surface area contributed by atoms with Gasteiger partial charge in [-0.2, -0.15) is 5.10 Å². The van der Waals surface area contributed by atoms with Gasteiger partial charge in [0.25, 0.3) is 0 Å². The minimum absolute atomic E-state index is 0.696. The van der Waals surface area contributed by atoms with Crippen LogP contribution < -0.4 is 0 Å². The number of hydrogen-bond acceptors (Lipinski definition) is 1. The zero-order valence-corrected chi connectivity index (χ0v) is 9.20. The molecule has 0 atom stereocenters. The Hall–Kier alpha value is -0.0600. The fourth-order valence-electron chi connectivity index (χ4n) is 1.82. The predicted molar refractivity (Wildman–Crippen MR) is 57.5 cm³/mol. The lowest BCUT2D eigenvalue weighted by atomic mass is 10.3. The van der Waals surface area contributed by atoms with Gasteiger partial charge in [0.15, 0.2) is 0 Å². The SMILES string of the molecule is ICc1ccn(C2CCCC2)n1.